The van der Waals surface area contributed by atoms with Gasteiger partial charge in [-0.2, -0.15) is 0 Å². The van der Waals surface area contributed by atoms with Crippen molar-refractivity contribution in [1.82, 2.24) is 15.8 Å². The van der Waals surface area contributed by atoms with Gasteiger partial charge < -0.3 is 19.6 Å². The second-order valence-corrected chi connectivity index (χ2v) is 7.63. The fourth-order valence-electron chi connectivity index (χ4n) is 2.36. The third-order valence-corrected chi connectivity index (χ3v) is 5.28. The van der Waals surface area contributed by atoms with E-state index in [0.29, 0.717) is 17.9 Å². The SMILES string of the molecule is O=C(CNC(=O)c1cc(-c2ccco2)on1)NC1CCS(=O)(=O)C1. The van der Waals surface area contributed by atoms with Crippen LogP contribution >= 0.6 is 0 Å². The monoisotopic (exact) mass is 353 g/mol. The smallest absolute Gasteiger partial charge is 0.273 e. The molecular weight excluding hydrogens is 338 g/mol. The van der Waals surface area contributed by atoms with Gasteiger partial charge in [-0.1, -0.05) is 5.16 Å². The number of carbonyl (C=O) groups is 2. The van der Waals surface area contributed by atoms with Crippen LogP contribution < -0.4 is 10.6 Å². The van der Waals surface area contributed by atoms with Crippen molar-refractivity contribution in [3.63, 3.8) is 0 Å². The van der Waals surface area contributed by atoms with Gasteiger partial charge in [0.2, 0.25) is 11.7 Å². The standard InChI is InChI=1S/C14H15N3O6S/c18-13(16-9-3-5-24(20,21)8-9)7-15-14(19)10-6-12(23-17-10)11-2-1-4-22-11/h1-2,4,6,9H,3,5,7-8H2,(H,15,19)(H,16,18). The molecule has 2 aromatic heterocycles. The topological polar surface area (TPSA) is 132 Å². The summed E-state index contributed by atoms with van der Waals surface area (Å²) in [5.41, 5.74) is 0.0117. The molecule has 1 aliphatic rings. The molecule has 2 aromatic rings. The van der Waals surface area contributed by atoms with Gasteiger partial charge in [-0.15, -0.1) is 0 Å². The van der Waals surface area contributed by atoms with E-state index in [1.807, 2.05) is 0 Å². The van der Waals surface area contributed by atoms with Gasteiger partial charge in [-0.3, -0.25) is 9.59 Å². The lowest BCUT2D eigenvalue weighted by Gasteiger charge is -2.10. The minimum Gasteiger partial charge on any atom is -0.461 e. The van der Waals surface area contributed by atoms with Crippen molar-refractivity contribution in [2.24, 2.45) is 0 Å². The average Bonchev–Trinajstić information content (AvgIpc) is 3.24. The van der Waals surface area contributed by atoms with Crippen LogP contribution in [0.2, 0.25) is 0 Å². The first kappa shape index (κ1) is 16.2. The highest BCUT2D eigenvalue weighted by atomic mass is 32.2. The Kier molecular flexibility index (Phi) is 4.38. The van der Waals surface area contributed by atoms with Crippen LogP contribution in [0.25, 0.3) is 11.5 Å². The predicted molar refractivity (Wildman–Crippen MR) is 81.7 cm³/mol. The van der Waals surface area contributed by atoms with Gasteiger partial charge in [0.15, 0.2) is 21.3 Å². The summed E-state index contributed by atoms with van der Waals surface area (Å²) in [6.45, 7) is -0.279. The van der Waals surface area contributed by atoms with Crippen LogP contribution in [0.5, 0.6) is 0 Å². The second kappa shape index (κ2) is 6.48. The summed E-state index contributed by atoms with van der Waals surface area (Å²) in [6, 6.07) is 4.32. The molecule has 1 fully saturated rings. The van der Waals surface area contributed by atoms with Crippen LogP contribution in [0, 0.1) is 0 Å². The molecule has 1 saturated heterocycles. The van der Waals surface area contributed by atoms with E-state index in [4.69, 9.17) is 8.94 Å². The Morgan fingerprint density at radius 2 is 2.17 bits per heavy atom. The van der Waals surface area contributed by atoms with Gasteiger partial charge in [0, 0.05) is 12.1 Å². The Bertz CT molecular complexity index is 840. The van der Waals surface area contributed by atoms with Crippen LogP contribution in [-0.4, -0.2) is 49.5 Å². The largest absolute Gasteiger partial charge is 0.461 e. The molecule has 0 bridgehead atoms. The fourth-order valence-corrected chi connectivity index (χ4v) is 4.03. The Balaban J connectivity index is 1.50. The maximum atomic E-state index is 11.9. The number of nitrogens with one attached hydrogen (secondary N) is 2. The van der Waals surface area contributed by atoms with Crippen molar-refractivity contribution in [2.45, 2.75) is 12.5 Å². The van der Waals surface area contributed by atoms with Crippen LogP contribution in [0.4, 0.5) is 0 Å². The molecule has 0 aromatic carbocycles. The maximum Gasteiger partial charge on any atom is 0.273 e. The van der Waals surface area contributed by atoms with Gasteiger partial charge in [-0.25, -0.2) is 8.42 Å². The summed E-state index contributed by atoms with van der Waals surface area (Å²) < 4.78 is 32.8. The molecule has 2 N–H and O–H groups in total. The van der Waals surface area contributed by atoms with Crippen LogP contribution in [0.3, 0.4) is 0 Å². The number of hydrogen-bond donors (Lipinski definition) is 2. The zero-order chi connectivity index (χ0) is 17.2. The molecule has 0 aliphatic carbocycles. The van der Waals surface area contributed by atoms with Crippen molar-refractivity contribution in [3.8, 4) is 11.5 Å². The van der Waals surface area contributed by atoms with E-state index in [2.05, 4.69) is 15.8 Å². The summed E-state index contributed by atoms with van der Waals surface area (Å²) in [6.07, 6.45) is 1.85. The Morgan fingerprint density at radius 1 is 1.33 bits per heavy atom. The maximum absolute atomic E-state index is 11.9. The molecule has 24 heavy (non-hydrogen) atoms. The molecule has 1 atom stereocenters. The summed E-state index contributed by atoms with van der Waals surface area (Å²) in [7, 11) is -3.07. The van der Waals surface area contributed by atoms with Crippen molar-refractivity contribution < 1.29 is 26.9 Å². The lowest BCUT2D eigenvalue weighted by atomic mass is 10.2. The molecule has 0 spiro atoms. The molecule has 10 heteroatoms. The molecule has 9 nitrogen and oxygen atoms in total. The first-order valence-electron chi connectivity index (χ1n) is 7.21. The molecule has 3 heterocycles. The van der Waals surface area contributed by atoms with E-state index in [1.165, 1.54) is 12.3 Å². The second-order valence-electron chi connectivity index (χ2n) is 5.40. The number of sulfone groups is 1. The average molecular weight is 353 g/mol. The van der Waals surface area contributed by atoms with E-state index in [-0.39, 0.29) is 23.7 Å². The van der Waals surface area contributed by atoms with Crippen LogP contribution in [0.1, 0.15) is 16.9 Å². The molecule has 3 rings (SSSR count). The minimum absolute atomic E-state index is 0.0117. The van der Waals surface area contributed by atoms with Crippen molar-refractivity contribution in [1.29, 1.82) is 0 Å². The zero-order valence-corrected chi connectivity index (χ0v) is 13.3. The highest BCUT2D eigenvalue weighted by molar-refractivity contribution is 7.91. The van der Waals surface area contributed by atoms with Crippen LogP contribution in [0.15, 0.2) is 33.4 Å². The first-order chi connectivity index (χ1) is 11.4. The van der Waals surface area contributed by atoms with E-state index in [9.17, 15) is 18.0 Å². The number of hydrogen-bond acceptors (Lipinski definition) is 7. The first-order valence-corrected chi connectivity index (χ1v) is 9.04. The summed E-state index contributed by atoms with van der Waals surface area (Å²) in [5.74, 6) is -0.306. The fraction of sp³-hybridized carbons (Fsp3) is 0.357. The highest BCUT2D eigenvalue weighted by Gasteiger charge is 2.28. The van der Waals surface area contributed by atoms with Gasteiger partial charge in [0.05, 0.1) is 24.3 Å². The predicted octanol–water partition coefficient (Wildman–Crippen LogP) is -0.0323. The number of furan rings is 1. The summed E-state index contributed by atoms with van der Waals surface area (Å²) in [4.78, 5) is 23.7. The van der Waals surface area contributed by atoms with Crippen LogP contribution in [-0.2, 0) is 14.6 Å². The minimum atomic E-state index is -3.07. The lowest BCUT2D eigenvalue weighted by Crippen LogP contribution is -2.42. The van der Waals surface area contributed by atoms with E-state index < -0.39 is 27.7 Å². The van der Waals surface area contributed by atoms with E-state index in [1.54, 1.807) is 12.1 Å². The number of nitrogens with zero attached hydrogens (tertiary/aromatic N) is 1. The number of aromatic nitrogens is 1. The third-order valence-electron chi connectivity index (χ3n) is 3.51. The molecule has 1 unspecified atom stereocenters. The number of amides is 2. The lowest BCUT2D eigenvalue weighted by molar-refractivity contribution is -0.120. The Labute approximate surface area is 137 Å². The molecule has 0 saturated carbocycles. The van der Waals surface area contributed by atoms with E-state index in [0.717, 1.165) is 0 Å². The third kappa shape index (κ3) is 3.82. The Hall–Kier alpha value is -2.62. The van der Waals surface area contributed by atoms with Gasteiger partial charge in [-0.05, 0) is 18.6 Å². The molecule has 2 amide bonds. The number of rotatable bonds is 5. The summed E-state index contributed by atoms with van der Waals surface area (Å²) in [5, 5.41) is 8.59. The van der Waals surface area contributed by atoms with Gasteiger partial charge in [0.1, 0.15) is 0 Å². The Morgan fingerprint density at radius 3 is 2.83 bits per heavy atom. The zero-order valence-electron chi connectivity index (χ0n) is 12.5. The van der Waals surface area contributed by atoms with Crippen molar-refractivity contribution >= 4 is 21.7 Å². The summed E-state index contributed by atoms with van der Waals surface area (Å²) >= 11 is 0. The molecular formula is C14H15N3O6S. The van der Waals surface area contributed by atoms with Crippen molar-refractivity contribution in [3.05, 3.63) is 30.2 Å². The van der Waals surface area contributed by atoms with Gasteiger partial charge >= 0.3 is 0 Å². The molecule has 128 valence electrons. The normalized spacial score (nSPS) is 19.1. The molecule has 1 aliphatic heterocycles. The van der Waals surface area contributed by atoms with Gasteiger partial charge in [0.25, 0.3) is 5.91 Å². The number of carbonyl (C=O) groups excluding carboxylic acids is 2. The quantitative estimate of drug-likeness (QED) is 0.771. The molecule has 0 radical (unpaired) electrons. The highest BCUT2D eigenvalue weighted by Crippen LogP contribution is 2.20. The van der Waals surface area contributed by atoms with E-state index >= 15 is 0 Å². The van der Waals surface area contributed by atoms with Crippen molar-refractivity contribution in [2.75, 3.05) is 18.1 Å².